The van der Waals surface area contributed by atoms with Crippen LogP contribution < -0.4 is 5.73 Å². The van der Waals surface area contributed by atoms with Gasteiger partial charge in [0.1, 0.15) is 0 Å². The first-order valence-electron chi connectivity index (χ1n) is 5.28. The van der Waals surface area contributed by atoms with Crippen LogP contribution in [0.25, 0.3) is 0 Å². The van der Waals surface area contributed by atoms with Gasteiger partial charge in [-0.3, -0.25) is 9.69 Å². The molecule has 0 saturated carbocycles. The summed E-state index contributed by atoms with van der Waals surface area (Å²) >= 11 is 0. The predicted molar refractivity (Wildman–Crippen MR) is 58.8 cm³/mol. The van der Waals surface area contributed by atoms with Crippen molar-refractivity contribution in [2.45, 2.75) is 12.5 Å². The van der Waals surface area contributed by atoms with Gasteiger partial charge in [0.15, 0.2) is 5.78 Å². The van der Waals surface area contributed by atoms with Crippen LogP contribution in [0, 0.1) is 0 Å². The molecule has 0 radical (unpaired) electrons. The SMILES string of the molecule is Cn1ccc(C(=O)CN2CCC(N)C2)c1. The third-order valence-electron chi connectivity index (χ3n) is 2.83. The zero-order valence-corrected chi connectivity index (χ0v) is 9.02. The van der Waals surface area contributed by atoms with Crippen molar-refractivity contribution in [3.05, 3.63) is 24.0 Å². The van der Waals surface area contributed by atoms with Crippen LogP contribution in [0.15, 0.2) is 18.5 Å². The van der Waals surface area contributed by atoms with E-state index >= 15 is 0 Å². The molecule has 0 amide bonds. The van der Waals surface area contributed by atoms with E-state index in [9.17, 15) is 4.79 Å². The summed E-state index contributed by atoms with van der Waals surface area (Å²) in [7, 11) is 1.92. The lowest BCUT2D eigenvalue weighted by molar-refractivity contribution is 0.0945. The second-order valence-electron chi connectivity index (χ2n) is 4.27. The Morgan fingerprint density at radius 2 is 2.47 bits per heavy atom. The largest absolute Gasteiger partial charge is 0.357 e. The third kappa shape index (κ3) is 2.46. The maximum atomic E-state index is 11.8. The lowest BCUT2D eigenvalue weighted by Gasteiger charge is -2.12. The highest BCUT2D eigenvalue weighted by molar-refractivity contribution is 5.97. The highest BCUT2D eigenvalue weighted by Crippen LogP contribution is 2.09. The average Bonchev–Trinajstić information content (AvgIpc) is 2.75. The molecule has 1 aromatic rings. The fourth-order valence-corrected chi connectivity index (χ4v) is 1.97. The van der Waals surface area contributed by atoms with Crippen molar-refractivity contribution in [3.63, 3.8) is 0 Å². The summed E-state index contributed by atoms with van der Waals surface area (Å²) in [6.07, 6.45) is 4.75. The number of ketones is 1. The molecule has 4 heteroatoms. The van der Waals surface area contributed by atoms with E-state index in [1.807, 2.05) is 30.1 Å². The first-order chi connectivity index (χ1) is 7.15. The van der Waals surface area contributed by atoms with Crippen molar-refractivity contribution < 1.29 is 4.79 Å². The normalized spacial score (nSPS) is 22.1. The van der Waals surface area contributed by atoms with E-state index in [1.165, 1.54) is 0 Å². The monoisotopic (exact) mass is 207 g/mol. The molecule has 1 aromatic heterocycles. The molecular formula is C11H17N3O. The van der Waals surface area contributed by atoms with E-state index in [1.54, 1.807) is 0 Å². The highest BCUT2D eigenvalue weighted by atomic mass is 16.1. The number of carbonyl (C=O) groups excluding carboxylic acids is 1. The molecule has 4 nitrogen and oxygen atoms in total. The quantitative estimate of drug-likeness (QED) is 0.722. The Morgan fingerprint density at radius 3 is 3.00 bits per heavy atom. The van der Waals surface area contributed by atoms with Gasteiger partial charge >= 0.3 is 0 Å². The number of nitrogens with zero attached hydrogens (tertiary/aromatic N) is 2. The van der Waals surface area contributed by atoms with E-state index in [4.69, 9.17) is 5.73 Å². The first-order valence-corrected chi connectivity index (χ1v) is 5.28. The molecule has 1 aliphatic rings. The lowest BCUT2D eigenvalue weighted by Crippen LogP contribution is -2.30. The number of Topliss-reactive ketones (excluding diaryl/α,β-unsaturated/α-hetero) is 1. The summed E-state index contributed by atoms with van der Waals surface area (Å²) in [5.41, 5.74) is 6.58. The average molecular weight is 207 g/mol. The van der Waals surface area contributed by atoms with Crippen molar-refractivity contribution in [2.75, 3.05) is 19.6 Å². The second-order valence-corrected chi connectivity index (χ2v) is 4.27. The Morgan fingerprint density at radius 1 is 1.67 bits per heavy atom. The Balaban J connectivity index is 1.92. The van der Waals surface area contributed by atoms with Crippen molar-refractivity contribution >= 4 is 5.78 Å². The summed E-state index contributed by atoms with van der Waals surface area (Å²) in [6.45, 7) is 2.29. The molecule has 82 valence electrons. The van der Waals surface area contributed by atoms with Gasteiger partial charge in [-0.05, 0) is 12.5 Å². The van der Waals surface area contributed by atoms with Gasteiger partial charge in [-0.1, -0.05) is 0 Å². The molecule has 15 heavy (non-hydrogen) atoms. The molecule has 1 atom stereocenters. The fraction of sp³-hybridized carbons (Fsp3) is 0.545. The van der Waals surface area contributed by atoms with Gasteiger partial charge in [-0.25, -0.2) is 0 Å². The van der Waals surface area contributed by atoms with E-state index in [-0.39, 0.29) is 11.8 Å². The Labute approximate surface area is 89.7 Å². The molecule has 1 saturated heterocycles. The zero-order valence-electron chi connectivity index (χ0n) is 9.02. The van der Waals surface area contributed by atoms with E-state index < -0.39 is 0 Å². The van der Waals surface area contributed by atoms with Crippen molar-refractivity contribution in [1.82, 2.24) is 9.47 Å². The summed E-state index contributed by atoms with van der Waals surface area (Å²) in [5, 5.41) is 0. The topological polar surface area (TPSA) is 51.3 Å². The molecule has 2 rings (SSSR count). The standard InChI is InChI=1S/C11H17N3O/c1-13-4-2-9(6-13)11(15)8-14-5-3-10(12)7-14/h2,4,6,10H,3,5,7-8,12H2,1H3. The van der Waals surface area contributed by atoms with E-state index in [2.05, 4.69) is 4.90 Å². The van der Waals surface area contributed by atoms with Crippen molar-refractivity contribution in [1.29, 1.82) is 0 Å². The van der Waals surface area contributed by atoms with Crippen molar-refractivity contribution in [2.24, 2.45) is 12.8 Å². The van der Waals surface area contributed by atoms with Gasteiger partial charge in [0, 0.05) is 44.1 Å². The van der Waals surface area contributed by atoms with Gasteiger partial charge in [-0.2, -0.15) is 0 Å². The van der Waals surface area contributed by atoms with Crippen LogP contribution in [0.5, 0.6) is 0 Å². The third-order valence-corrected chi connectivity index (χ3v) is 2.83. The van der Waals surface area contributed by atoms with Gasteiger partial charge in [0.05, 0.1) is 6.54 Å². The minimum absolute atomic E-state index is 0.185. The van der Waals surface area contributed by atoms with Gasteiger partial charge in [0.2, 0.25) is 0 Å². The number of likely N-dealkylation sites (tertiary alicyclic amines) is 1. The van der Waals surface area contributed by atoms with Crippen LogP contribution in [0.4, 0.5) is 0 Å². The molecule has 1 aliphatic heterocycles. The van der Waals surface area contributed by atoms with E-state index in [0.717, 1.165) is 25.1 Å². The van der Waals surface area contributed by atoms with Gasteiger partial charge < -0.3 is 10.3 Å². The number of carbonyl (C=O) groups is 1. The summed E-state index contributed by atoms with van der Waals surface area (Å²) in [6, 6.07) is 2.10. The van der Waals surface area contributed by atoms with Crippen LogP contribution >= 0.6 is 0 Å². The second kappa shape index (κ2) is 4.16. The zero-order chi connectivity index (χ0) is 10.8. The number of hydrogen-bond acceptors (Lipinski definition) is 3. The highest BCUT2D eigenvalue weighted by Gasteiger charge is 2.21. The molecular weight excluding hydrogens is 190 g/mol. The molecule has 0 spiro atoms. The predicted octanol–water partition coefficient (Wildman–Crippen LogP) is 0.241. The smallest absolute Gasteiger partial charge is 0.178 e. The minimum Gasteiger partial charge on any atom is -0.357 e. The lowest BCUT2D eigenvalue weighted by atomic mass is 10.2. The van der Waals surface area contributed by atoms with Crippen LogP contribution in [-0.2, 0) is 7.05 Å². The molecule has 2 heterocycles. The maximum Gasteiger partial charge on any atom is 0.178 e. The molecule has 0 aromatic carbocycles. The number of rotatable bonds is 3. The molecule has 1 unspecified atom stereocenters. The van der Waals surface area contributed by atoms with E-state index in [0.29, 0.717) is 6.54 Å². The van der Waals surface area contributed by atoms with Gasteiger partial charge in [-0.15, -0.1) is 0 Å². The number of aromatic nitrogens is 1. The number of aryl methyl sites for hydroxylation is 1. The molecule has 0 aliphatic carbocycles. The summed E-state index contributed by atoms with van der Waals surface area (Å²) in [5.74, 6) is 0.185. The minimum atomic E-state index is 0.185. The number of hydrogen-bond donors (Lipinski definition) is 1. The van der Waals surface area contributed by atoms with Crippen molar-refractivity contribution in [3.8, 4) is 0 Å². The van der Waals surface area contributed by atoms with Gasteiger partial charge in [0.25, 0.3) is 0 Å². The summed E-state index contributed by atoms with van der Waals surface area (Å²) < 4.78 is 1.89. The molecule has 2 N–H and O–H groups in total. The Kier molecular flexibility index (Phi) is 2.88. The molecule has 1 fully saturated rings. The fourth-order valence-electron chi connectivity index (χ4n) is 1.97. The van der Waals surface area contributed by atoms with Crippen LogP contribution in [0.1, 0.15) is 16.8 Å². The Bertz CT molecular complexity index is 358. The number of nitrogens with two attached hydrogens (primary N) is 1. The molecule has 0 bridgehead atoms. The van der Waals surface area contributed by atoms with Crippen LogP contribution in [0.3, 0.4) is 0 Å². The van der Waals surface area contributed by atoms with Crippen LogP contribution in [-0.4, -0.2) is 40.9 Å². The van der Waals surface area contributed by atoms with Crippen LogP contribution in [0.2, 0.25) is 0 Å². The summed E-state index contributed by atoms with van der Waals surface area (Å²) in [4.78, 5) is 13.9. The maximum absolute atomic E-state index is 11.8. The first kappa shape index (κ1) is 10.4. The Hall–Kier alpha value is -1.13.